The molecule has 1 fully saturated rings. The molecule has 22 heavy (non-hydrogen) atoms. The van der Waals surface area contributed by atoms with E-state index in [1.165, 1.54) is 6.08 Å². The fourth-order valence-corrected chi connectivity index (χ4v) is 2.62. The molecule has 0 bridgehead atoms. The van der Waals surface area contributed by atoms with Crippen LogP contribution in [0.3, 0.4) is 0 Å². The quantitative estimate of drug-likeness (QED) is 0.484. The summed E-state index contributed by atoms with van der Waals surface area (Å²) < 4.78 is 11.0. The summed E-state index contributed by atoms with van der Waals surface area (Å²) >= 11 is 1.63. The smallest absolute Gasteiger partial charge is 0.331 e. The Bertz CT molecular complexity index is 590. The van der Waals surface area contributed by atoms with E-state index < -0.39 is 0 Å². The van der Waals surface area contributed by atoms with Crippen LogP contribution >= 0.6 is 11.3 Å². The van der Waals surface area contributed by atoms with Crippen molar-refractivity contribution >= 4 is 17.3 Å². The Morgan fingerprint density at radius 1 is 1.45 bits per heavy atom. The lowest BCUT2D eigenvalue weighted by Crippen LogP contribution is -2.31. The highest BCUT2D eigenvalue weighted by Gasteiger charge is 2.22. The molecule has 0 amide bonds. The van der Waals surface area contributed by atoms with Gasteiger partial charge in [-0.3, -0.25) is 0 Å². The second-order valence-electron chi connectivity index (χ2n) is 5.34. The third-order valence-electron chi connectivity index (χ3n) is 3.07. The van der Waals surface area contributed by atoms with Gasteiger partial charge in [0.15, 0.2) is 0 Å². The maximum absolute atomic E-state index is 11.5. The average molecular weight is 316 g/mol. The molecule has 1 aromatic rings. The predicted octanol–water partition coefficient (Wildman–Crippen LogP) is 3.71. The first-order chi connectivity index (χ1) is 10.6. The third kappa shape index (κ3) is 5.88. The topological polar surface area (TPSA) is 35.5 Å². The zero-order chi connectivity index (χ0) is 15.8. The molecule has 0 N–H and O–H groups in total. The lowest BCUT2D eigenvalue weighted by molar-refractivity contribution is -0.151. The number of esters is 1. The van der Waals surface area contributed by atoms with E-state index in [0.29, 0.717) is 6.61 Å². The normalized spacial score (nSPS) is 21.0. The minimum atomic E-state index is -0.288. The average Bonchev–Trinajstić information content (AvgIpc) is 2.97. The van der Waals surface area contributed by atoms with Gasteiger partial charge in [0.25, 0.3) is 0 Å². The fourth-order valence-electron chi connectivity index (χ4n) is 2.04. The summed E-state index contributed by atoms with van der Waals surface area (Å²) in [5, 5.41) is 2.01. The van der Waals surface area contributed by atoms with Gasteiger partial charge < -0.3 is 9.47 Å². The highest BCUT2D eigenvalue weighted by Crippen LogP contribution is 2.17. The summed E-state index contributed by atoms with van der Waals surface area (Å²) in [6.45, 7) is 4.18. The fraction of sp³-hybridized carbons (Fsp3) is 0.389. The van der Waals surface area contributed by atoms with Crippen molar-refractivity contribution in [2.24, 2.45) is 0 Å². The van der Waals surface area contributed by atoms with Crippen molar-refractivity contribution in [3.05, 3.63) is 46.2 Å². The molecule has 1 aromatic heterocycles. The molecule has 0 radical (unpaired) electrons. The Labute approximate surface area is 135 Å². The van der Waals surface area contributed by atoms with Crippen LogP contribution in [0.1, 0.15) is 31.6 Å². The standard InChI is InChI=1S/C18H20O3S/c1-14(2)12-18(19)21-16-10-9-15(20-13-16)6-3-4-7-17-8-5-11-22-17/h3,5-6,8,11-12,15-16H,9-10,13H2,1-2H3/b6-3+/t15?,16-/m1/s1. The van der Waals surface area contributed by atoms with Gasteiger partial charge in [-0.05, 0) is 50.3 Å². The molecule has 0 spiro atoms. The SMILES string of the molecule is CC(C)=CC(=O)O[C@@H]1CCC(/C=C/C#Cc2cccs2)OC1. The summed E-state index contributed by atoms with van der Waals surface area (Å²) in [7, 11) is 0. The molecular weight excluding hydrogens is 296 g/mol. The Hall–Kier alpha value is -1.83. The number of thiophene rings is 1. The van der Waals surface area contributed by atoms with Gasteiger partial charge in [0.2, 0.25) is 0 Å². The van der Waals surface area contributed by atoms with Crippen molar-refractivity contribution < 1.29 is 14.3 Å². The zero-order valence-electron chi connectivity index (χ0n) is 12.9. The first kappa shape index (κ1) is 16.5. The highest BCUT2D eigenvalue weighted by atomic mass is 32.1. The Balaban J connectivity index is 1.73. The van der Waals surface area contributed by atoms with Crippen molar-refractivity contribution in [2.45, 2.75) is 38.9 Å². The van der Waals surface area contributed by atoms with Gasteiger partial charge in [-0.2, -0.15) is 0 Å². The monoisotopic (exact) mass is 316 g/mol. The van der Waals surface area contributed by atoms with Crippen LogP contribution in [-0.2, 0) is 14.3 Å². The summed E-state index contributed by atoms with van der Waals surface area (Å²) in [6.07, 6.45) is 6.86. The van der Waals surface area contributed by atoms with E-state index in [4.69, 9.17) is 9.47 Å². The van der Waals surface area contributed by atoms with Crippen LogP contribution in [-0.4, -0.2) is 24.8 Å². The molecule has 1 unspecified atom stereocenters. The molecular formula is C18H20O3S. The van der Waals surface area contributed by atoms with Crippen LogP contribution in [0.25, 0.3) is 0 Å². The first-order valence-corrected chi connectivity index (χ1v) is 8.20. The van der Waals surface area contributed by atoms with E-state index in [1.54, 1.807) is 11.3 Å². The number of carbonyl (C=O) groups is 1. The van der Waals surface area contributed by atoms with E-state index >= 15 is 0 Å². The summed E-state index contributed by atoms with van der Waals surface area (Å²) in [5.41, 5.74) is 0.937. The minimum absolute atomic E-state index is 0.0519. The van der Waals surface area contributed by atoms with Gasteiger partial charge in [0, 0.05) is 6.08 Å². The minimum Gasteiger partial charge on any atom is -0.457 e. The highest BCUT2D eigenvalue weighted by molar-refractivity contribution is 7.10. The Kier molecular flexibility index (Phi) is 6.45. The van der Waals surface area contributed by atoms with Crippen LogP contribution in [0.5, 0.6) is 0 Å². The molecule has 2 rings (SSSR count). The zero-order valence-corrected chi connectivity index (χ0v) is 13.7. The van der Waals surface area contributed by atoms with Gasteiger partial charge >= 0.3 is 5.97 Å². The van der Waals surface area contributed by atoms with Crippen LogP contribution in [0, 0.1) is 11.8 Å². The van der Waals surface area contributed by atoms with Gasteiger partial charge in [0.1, 0.15) is 6.10 Å². The molecule has 4 heteroatoms. The lowest BCUT2D eigenvalue weighted by atomic mass is 10.1. The second-order valence-corrected chi connectivity index (χ2v) is 6.28. The Morgan fingerprint density at radius 2 is 2.32 bits per heavy atom. The van der Waals surface area contributed by atoms with E-state index in [1.807, 2.05) is 43.5 Å². The van der Waals surface area contributed by atoms with Gasteiger partial charge in [-0.15, -0.1) is 11.3 Å². The van der Waals surface area contributed by atoms with Gasteiger partial charge in [0.05, 0.1) is 17.6 Å². The summed E-state index contributed by atoms with van der Waals surface area (Å²) in [6, 6.07) is 3.98. The van der Waals surface area contributed by atoms with E-state index in [0.717, 1.165) is 23.3 Å². The largest absolute Gasteiger partial charge is 0.457 e. The maximum Gasteiger partial charge on any atom is 0.331 e. The van der Waals surface area contributed by atoms with Crippen LogP contribution < -0.4 is 0 Å². The number of carbonyl (C=O) groups excluding carboxylic acids is 1. The molecule has 1 aliphatic heterocycles. The van der Waals surface area contributed by atoms with E-state index in [-0.39, 0.29) is 18.2 Å². The molecule has 116 valence electrons. The number of ether oxygens (including phenoxy) is 2. The van der Waals surface area contributed by atoms with Crippen LogP contribution in [0.2, 0.25) is 0 Å². The maximum atomic E-state index is 11.5. The van der Waals surface area contributed by atoms with Crippen molar-refractivity contribution in [1.82, 2.24) is 0 Å². The van der Waals surface area contributed by atoms with Gasteiger partial charge in [-0.1, -0.05) is 23.5 Å². The van der Waals surface area contributed by atoms with Gasteiger partial charge in [-0.25, -0.2) is 4.79 Å². The van der Waals surface area contributed by atoms with E-state index in [9.17, 15) is 4.79 Å². The van der Waals surface area contributed by atoms with Crippen LogP contribution in [0.15, 0.2) is 41.3 Å². The number of hydrogen-bond acceptors (Lipinski definition) is 4. The summed E-state index contributed by atoms with van der Waals surface area (Å²) in [4.78, 5) is 12.6. The molecule has 2 atom stereocenters. The second kappa shape index (κ2) is 8.57. The third-order valence-corrected chi connectivity index (χ3v) is 3.85. The number of rotatable bonds is 3. The first-order valence-electron chi connectivity index (χ1n) is 7.32. The molecule has 1 saturated heterocycles. The van der Waals surface area contributed by atoms with E-state index in [2.05, 4.69) is 11.8 Å². The molecule has 3 nitrogen and oxygen atoms in total. The van der Waals surface area contributed by atoms with Crippen LogP contribution in [0.4, 0.5) is 0 Å². The van der Waals surface area contributed by atoms with Crippen molar-refractivity contribution in [2.75, 3.05) is 6.61 Å². The van der Waals surface area contributed by atoms with Crippen molar-refractivity contribution in [1.29, 1.82) is 0 Å². The molecule has 1 aliphatic rings. The lowest BCUT2D eigenvalue weighted by Gasteiger charge is -2.26. The van der Waals surface area contributed by atoms with Crippen molar-refractivity contribution in [3.63, 3.8) is 0 Å². The molecule has 0 aromatic carbocycles. The predicted molar refractivity (Wildman–Crippen MR) is 88.6 cm³/mol. The number of hydrogen-bond donors (Lipinski definition) is 0. The molecule has 2 heterocycles. The van der Waals surface area contributed by atoms with Crippen molar-refractivity contribution in [3.8, 4) is 11.8 Å². The molecule has 0 saturated carbocycles. The molecule has 0 aliphatic carbocycles. The summed E-state index contributed by atoms with van der Waals surface area (Å²) in [5.74, 6) is 5.79. The number of allylic oxidation sites excluding steroid dienone is 2. The Morgan fingerprint density at radius 3 is 2.95 bits per heavy atom.